The van der Waals surface area contributed by atoms with Crippen molar-refractivity contribution in [2.45, 2.75) is 0 Å². The van der Waals surface area contributed by atoms with Crippen molar-refractivity contribution >= 4 is 11.5 Å². The number of rotatable bonds is 0. The molecule has 0 atom stereocenters. The van der Waals surface area contributed by atoms with Crippen molar-refractivity contribution in [1.82, 2.24) is 9.97 Å². The lowest BCUT2D eigenvalue weighted by Crippen LogP contribution is -1.90. The van der Waals surface area contributed by atoms with Gasteiger partial charge in [-0.15, -0.1) is 0 Å². The van der Waals surface area contributed by atoms with E-state index < -0.39 is 0 Å². The topological polar surface area (TPSA) is 80.7 Å². The maximum absolute atomic E-state index is 5.31. The first kappa shape index (κ1) is 9.12. The van der Waals surface area contributed by atoms with Crippen LogP contribution >= 0.6 is 0 Å². The van der Waals surface area contributed by atoms with Gasteiger partial charge >= 0.3 is 0 Å². The maximum atomic E-state index is 5.31. The van der Waals surface area contributed by atoms with Crippen LogP contribution in [0.25, 0.3) is 0 Å². The van der Waals surface area contributed by atoms with E-state index in [1.807, 2.05) is 24.5 Å². The van der Waals surface area contributed by atoms with Crippen LogP contribution in [-0.2, 0) is 0 Å². The van der Waals surface area contributed by atoms with Gasteiger partial charge in [0.05, 0.1) is 11.9 Å². The van der Waals surface area contributed by atoms with Crippen LogP contribution in [0.2, 0.25) is 0 Å². The van der Waals surface area contributed by atoms with Gasteiger partial charge in [0, 0.05) is 12.4 Å². The zero-order valence-corrected chi connectivity index (χ0v) is 7.14. The zero-order valence-electron chi connectivity index (χ0n) is 7.14. The van der Waals surface area contributed by atoms with Crippen molar-refractivity contribution in [3.63, 3.8) is 0 Å². The van der Waals surface area contributed by atoms with Gasteiger partial charge < -0.3 is 16.5 Å². The van der Waals surface area contributed by atoms with Crippen molar-refractivity contribution in [2.24, 2.45) is 0 Å². The molecule has 0 aromatic carbocycles. The summed E-state index contributed by atoms with van der Waals surface area (Å²) in [5.74, 6) is 0.499. The van der Waals surface area contributed by atoms with E-state index in [1.165, 1.54) is 6.20 Å². The van der Waals surface area contributed by atoms with E-state index in [0.717, 1.165) is 0 Å². The largest absolute Gasteiger partial charge is 0.397 e. The third-order valence-electron chi connectivity index (χ3n) is 1.31. The zero-order chi connectivity index (χ0) is 9.52. The molecule has 5 N–H and O–H groups in total. The average Bonchev–Trinajstić information content (AvgIpc) is 2.68. The number of aromatic amines is 1. The summed E-state index contributed by atoms with van der Waals surface area (Å²) >= 11 is 0. The normalized spacial score (nSPS) is 8.62. The SMILES string of the molecule is Nc1ccc(N)nc1.c1cc[nH]c1. The van der Waals surface area contributed by atoms with Gasteiger partial charge in [0.1, 0.15) is 5.82 Å². The van der Waals surface area contributed by atoms with Crippen LogP contribution in [0.5, 0.6) is 0 Å². The number of pyridine rings is 1. The predicted molar refractivity (Wildman–Crippen MR) is 53.9 cm³/mol. The van der Waals surface area contributed by atoms with E-state index in [1.54, 1.807) is 12.1 Å². The van der Waals surface area contributed by atoms with Crippen LogP contribution in [0.4, 0.5) is 11.5 Å². The average molecular weight is 176 g/mol. The molecule has 2 aromatic heterocycles. The second-order valence-electron chi connectivity index (χ2n) is 2.40. The second kappa shape index (κ2) is 4.82. The smallest absolute Gasteiger partial charge is 0.123 e. The Bertz CT molecular complexity index is 274. The van der Waals surface area contributed by atoms with Gasteiger partial charge in [-0.05, 0) is 24.3 Å². The summed E-state index contributed by atoms with van der Waals surface area (Å²) in [6.07, 6.45) is 5.27. The lowest BCUT2D eigenvalue weighted by Gasteiger charge is -1.89. The highest BCUT2D eigenvalue weighted by molar-refractivity contribution is 5.40. The molecule has 0 aliphatic rings. The molecule has 13 heavy (non-hydrogen) atoms. The molecule has 4 nitrogen and oxygen atoms in total. The highest BCUT2D eigenvalue weighted by Gasteiger charge is 1.82. The van der Waals surface area contributed by atoms with Crippen LogP contribution in [0.15, 0.2) is 42.9 Å². The molecule has 0 spiro atoms. The van der Waals surface area contributed by atoms with Crippen LogP contribution in [-0.4, -0.2) is 9.97 Å². The molecule has 68 valence electrons. The lowest BCUT2D eigenvalue weighted by atomic mass is 10.4. The minimum Gasteiger partial charge on any atom is -0.397 e. The summed E-state index contributed by atoms with van der Waals surface area (Å²) in [4.78, 5) is 6.59. The summed E-state index contributed by atoms with van der Waals surface area (Å²) in [5.41, 5.74) is 11.2. The predicted octanol–water partition coefficient (Wildman–Crippen LogP) is 1.26. The summed E-state index contributed by atoms with van der Waals surface area (Å²) < 4.78 is 0. The van der Waals surface area contributed by atoms with E-state index >= 15 is 0 Å². The highest BCUT2D eigenvalue weighted by atomic mass is 14.8. The quantitative estimate of drug-likeness (QED) is 0.565. The summed E-state index contributed by atoms with van der Waals surface area (Å²) in [6.45, 7) is 0. The van der Waals surface area contributed by atoms with Gasteiger partial charge in [0.25, 0.3) is 0 Å². The Morgan fingerprint density at radius 3 is 2.08 bits per heavy atom. The molecule has 2 aromatic rings. The van der Waals surface area contributed by atoms with Crippen LogP contribution < -0.4 is 11.5 Å². The molecule has 4 heteroatoms. The first-order chi connectivity index (χ1) is 6.29. The minimum absolute atomic E-state index is 0.499. The Morgan fingerprint density at radius 1 is 1.08 bits per heavy atom. The molecular formula is C9H12N4. The number of H-pyrrole nitrogens is 1. The van der Waals surface area contributed by atoms with Crippen LogP contribution in [0, 0.1) is 0 Å². The molecule has 0 unspecified atom stereocenters. The number of hydrogen-bond donors (Lipinski definition) is 3. The third-order valence-corrected chi connectivity index (χ3v) is 1.31. The van der Waals surface area contributed by atoms with Crippen molar-refractivity contribution < 1.29 is 0 Å². The van der Waals surface area contributed by atoms with E-state index in [9.17, 15) is 0 Å². The Labute approximate surface area is 76.6 Å². The van der Waals surface area contributed by atoms with Crippen molar-refractivity contribution in [3.8, 4) is 0 Å². The Morgan fingerprint density at radius 2 is 1.77 bits per heavy atom. The van der Waals surface area contributed by atoms with E-state index in [4.69, 9.17) is 11.5 Å². The van der Waals surface area contributed by atoms with Gasteiger partial charge in [0.15, 0.2) is 0 Å². The number of aromatic nitrogens is 2. The fourth-order valence-corrected chi connectivity index (χ4v) is 0.695. The first-order valence-electron chi connectivity index (χ1n) is 3.84. The number of nitrogen functional groups attached to an aromatic ring is 2. The van der Waals surface area contributed by atoms with Crippen molar-refractivity contribution in [1.29, 1.82) is 0 Å². The minimum atomic E-state index is 0.499. The summed E-state index contributed by atoms with van der Waals surface area (Å²) in [5, 5.41) is 0. The van der Waals surface area contributed by atoms with E-state index in [2.05, 4.69) is 9.97 Å². The molecule has 0 aliphatic heterocycles. The standard InChI is InChI=1S/C5H7N3.C4H5N/c6-4-1-2-5(7)8-3-4;1-2-4-5-3-1/h1-3H,6H2,(H2,7,8);1-5H. The first-order valence-corrected chi connectivity index (χ1v) is 3.84. The van der Waals surface area contributed by atoms with Crippen LogP contribution in [0.1, 0.15) is 0 Å². The number of nitrogens with two attached hydrogens (primary N) is 2. The molecule has 0 aliphatic carbocycles. The second-order valence-corrected chi connectivity index (χ2v) is 2.40. The van der Waals surface area contributed by atoms with Crippen molar-refractivity contribution in [2.75, 3.05) is 11.5 Å². The van der Waals surface area contributed by atoms with Crippen LogP contribution in [0.3, 0.4) is 0 Å². The maximum Gasteiger partial charge on any atom is 0.123 e. The third kappa shape index (κ3) is 3.81. The molecule has 0 saturated carbocycles. The Balaban J connectivity index is 0.000000145. The molecule has 0 bridgehead atoms. The Hall–Kier alpha value is -1.97. The molecule has 2 heterocycles. The Kier molecular flexibility index (Phi) is 3.38. The fourth-order valence-electron chi connectivity index (χ4n) is 0.695. The summed E-state index contributed by atoms with van der Waals surface area (Å²) in [6, 6.07) is 7.26. The molecule has 2 rings (SSSR count). The van der Waals surface area contributed by atoms with Gasteiger partial charge in [0.2, 0.25) is 0 Å². The van der Waals surface area contributed by atoms with Gasteiger partial charge in [-0.25, -0.2) is 4.98 Å². The molecular weight excluding hydrogens is 164 g/mol. The van der Waals surface area contributed by atoms with Gasteiger partial charge in [-0.2, -0.15) is 0 Å². The van der Waals surface area contributed by atoms with E-state index in [0.29, 0.717) is 11.5 Å². The molecule has 0 radical (unpaired) electrons. The fraction of sp³-hybridized carbons (Fsp3) is 0. The monoisotopic (exact) mass is 176 g/mol. The molecule has 0 amide bonds. The number of hydrogen-bond acceptors (Lipinski definition) is 3. The van der Waals surface area contributed by atoms with Gasteiger partial charge in [-0.1, -0.05) is 0 Å². The lowest BCUT2D eigenvalue weighted by molar-refractivity contribution is 1.34. The van der Waals surface area contributed by atoms with Crippen molar-refractivity contribution in [3.05, 3.63) is 42.9 Å². The number of anilines is 2. The molecule has 0 saturated heterocycles. The summed E-state index contributed by atoms with van der Waals surface area (Å²) in [7, 11) is 0. The highest BCUT2D eigenvalue weighted by Crippen LogP contribution is 2.00. The number of nitrogens with one attached hydrogen (secondary N) is 1. The molecule has 0 fully saturated rings. The van der Waals surface area contributed by atoms with E-state index in [-0.39, 0.29) is 0 Å². The number of nitrogens with zero attached hydrogens (tertiary/aromatic N) is 1. The van der Waals surface area contributed by atoms with Gasteiger partial charge in [-0.3, -0.25) is 0 Å².